The van der Waals surface area contributed by atoms with Crippen LogP contribution in [0, 0.1) is 0 Å². The molecule has 0 atom stereocenters. The molecular weight excluding hydrogens is 381 g/mol. The number of hydrogen-bond acceptors (Lipinski definition) is 5. The maximum atomic E-state index is 12.6. The summed E-state index contributed by atoms with van der Waals surface area (Å²) in [6.07, 6.45) is 0. The van der Waals surface area contributed by atoms with Gasteiger partial charge in [-0.15, -0.1) is 11.3 Å². The van der Waals surface area contributed by atoms with Gasteiger partial charge >= 0.3 is 0 Å². The quantitative estimate of drug-likeness (QED) is 0.501. The van der Waals surface area contributed by atoms with Gasteiger partial charge in [0.2, 0.25) is 5.82 Å². The second kappa shape index (κ2) is 6.48. The summed E-state index contributed by atoms with van der Waals surface area (Å²) in [5, 5.41) is 12.2. The monoisotopic (exact) mass is 389 g/mol. The lowest BCUT2D eigenvalue weighted by Crippen LogP contribution is -2.11. The number of fused-ring (bicyclic) bond motifs is 1. The molecule has 0 saturated carbocycles. The van der Waals surface area contributed by atoms with Gasteiger partial charge in [0.15, 0.2) is 5.69 Å². The van der Waals surface area contributed by atoms with Gasteiger partial charge in [0.05, 0.1) is 5.02 Å². The van der Waals surface area contributed by atoms with E-state index in [4.69, 9.17) is 27.8 Å². The lowest BCUT2D eigenvalue weighted by atomic mass is 10.1. The van der Waals surface area contributed by atoms with Crippen molar-refractivity contribution in [1.82, 2.24) is 10.3 Å². The molecule has 2 heterocycles. The van der Waals surface area contributed by atoms with Crippen molar-refractivity contribution in [2.45, 2.75) is 0 Å². The first kappa shape index (κ1) is 16.1. The van der Waals surface area contributed by atoms with Crippen LogP contribution >= 0.6 is 34.5 Å². The first-order valence-electron chi connectivity index (χ1n) is 7.20. The maximum absolute atomic E-state index is 12.6. The lowest BCUT2D eigenvalue weighted by Gasteiger charge is -2.02. The number of carbonyl (C=O) groups excluding carboxylic acids is 1. The SMILES string of the molecule is O=C(Nc1nonc1-c1ccc(Cl)cc1)c1sc2ccccc2c1Cl. The van der Waals surface area contributed by atoms with E-state index in [0.717, 1.165) is 15.6 Å². The van der Waals surface area contributed by atoms with Crippen molar-refractivity contribution in [2.75, 3.05) is 5.32 Å². The molecule has 25 heavy (non-hydrogen) atoms. The van der Waals surface area contributed by atoms with Crippen LogP contribution < -0.4 is 5.32 Å². The van der Waals surface area contributed by atoms with Crippen molar-refractivity contribution in [1.29, 1.82) is 0 Å². The third-order valence-electron chi connectivity index (χ3n) is 3.58. The fraction of sp³-hybridized carbons (Fsp3) is 0. The highest BCUT2D eigenvalue weighted by Gasteiger charge is 2.21. The van der Waals surface area contributed by atoms with E-state index in [0.29, 0.717) is 20.6 Å². The Balaban J connectivity index is 1.66. The number of amides is 1. The van der Waals surface area contributed by atoms with E-state index in [1.807, 2.05) is 24.3 Å². The Kier molecular flexibility index (Phi) is 4.17. The van der Waals surface area contributed by atoms with Crippen LogP contribution in [0.1, 0.15) is 9.67 Å². The van der Waals surface area contributed by atoms with Crippen molar-refractivity contribution in [3.8, 4) is 11.3 Å². The predicted octanol–water partition coefficient (Wildman–Crippen LogP) is 5.51. The van der Waals surface area contributed by atoms with E-state index in [1.165, 1.54) is 11.3 Å². The lowest BCUT2D eigenvalue weighted by molar-refractivity contribution is 0.103. The Hall–Kier alpha value is -2.41. The van der Waals surface area contributed by atoms with Crippen LogP contribution in [-0.2, 0) is 0 Å². The summed E-state index contributed by atoms with van der Waals surface area (Å²) in [7, 11) is 0. The van der Waals surface area contributed by atoms with Crippen molar-refractivity contribution in [3.05, 3.63) is 63.5 Å². The van der Waals surface area contributed by atoms with Crippen LogP contribution in [-0.4, -0.2) is 16.2 Å². The first-order chi connectivity index (χ1) is 12.1. The Morgan fingerprint density at radius 1 is 1.04 bits per heavy atom. The predicted molar refractivity (Wildman–Crippen MR) is 99.5 cm³/mol. The van der Waals surface area contributed by atoms with Crippen LogP contribution in [0.4, 0.5) is 5.82 Å². The average Bonchev–Trinajstić information content (AvgIpc) is 3.21. The number of benzene rings is 2. The van der Waals surface area contributed by atoms with Crippen LogP contribution in [0.25, 0.3) is 21.3 Å². The molecule has 0 aliphatic carbocycles. The Bertz CT molecular complexity index is 1070. The summed E-state index contributed by atoms with van der Waals surface area (Å²) < 4.78 is 5.72. The zero-order valence-corrected chi connectivity index (χ0v) is 14.8. The van der Waals surface area contributed by atoms with Crippen LogP contribution in [0.2, 0.25) is 10.0 Å². The second-order valence-corrected chi connectivity index (χ2v) is 7.03. The normalized spacial score (nSPS) is 11.0. The van der Waals surface area contributed by atoms with Crippen molar-refractivity contribution in [2.24, 2.45) is 0 Å². The number of halogens is 2. The van der Waals surface area contributed by atoms with Crippen molar-refractivity contribution in [3.63, 3.8) is 0 Å². The van der Waals surface area contributed by atoms with Gasteiger partial charge in [-0.3, -0.25) is 4.79 Å². The fourth-order valence-corrected chi connectivity index (χ4v) is 3.93. The molecule has 8 heteroatoms. The van der Waals surface area contributed by atoms with Crippen molar-refractivity contribution >= 4 is 56.3 Å². The highest BCUT2D eigenvalue weighted by molar-refractivity contribution is 7.21. The van der Waals surface area contributed by atoms with Crippen LogP contribution in [0.5, 0.6) is 0 Å². The van der Waals surface area contributed by atoms with Gasteiger partial charge < -0.3 is 5.32 Å². The minimum Gasteiger partial charge on any atom is -0.301 e. The van der Waals surface area contributed by atoms with Gasteiger partial charge in [0.1, 0.15) is 4.88 Å². The summed E-state index contributed by atoms with van der Waals surface area (Å²) in [4.78, 5) is 13.0. The Morgan fingerprint density at radius 3 is 2.56 bits per heavy atom. The minimum absolute atomic E-state index is 0.223. The molecule has 124 valence electrons. The summed E-state index contributed by atoms with van der Waals surface area (Å²) >= 11 is 13.5. The fourth-order valence-electron chi connectivity index (χ4n) is 2.39. The third-order valence-corrected chi connectivity index (χ3v) is 5.51. The Morgan fingerprint density at radius 2 is 1.80 bits per heavy atom. The summed E-state index contributed by atoms with van der Waals surface area (Å²) in [6.45, 7) is 0. The molecule has 0 unspecified atom stereocenters. The number of nitrogens with zero attached hydrogens (tertiary/aromatic N) is 2. The molecule has 2 aromatic carbocycles. The molecule has 0 aliphatic heterocycles. The number of anilines is 1. The molecule has 1 N–H and O–H groups in total. The number of carbonyl (C=O) groups is 1. The number of aromatic nitrogens is 2. The molecule has 1 amide bonds. The van der Waals surface area contributed by atoms with E-state index in [-0.39, 0.29) is 11.7 Å². The van der Waals surface area contributed by atoms with Gasteiger partial charge in [-0.05, 0) is 28.5 Å². The van der Waals surface area contributed by atoms with Crippen molar-refractivity contribution < 1.29 is 9.42 Å². The largest absolute Gasteiger partial charge is 0.301 e. The molecule has 0 aliphatic rings. The molecule has 0 fully saturated rings. The standard InChI is InChI=1S/C17H9Cl2N3O2S/c18-10-7-5-9(6-8-10)14-16(22-24-21-14)20-17(23)15-13(19)11-3-1-2-4-12(11)25-15/h1-8H,(H,20,22,23). The number of rotatable bonds is 3. The third kappa shape index (κ3) is 3.00. The Labute approximate surface area is 156 Å². The van der Waals surface area contributed by atoms with E-state index >= 15 is 0 Å². The van der Waals surface area contributed by atoms with Gasteiger partial charge in [0, 0.05) is 20.7 Å². The summed E-state index contributed by atoms with van der Waals surface area (Å²) in [5.41, 5.74) is 1.14. The number of hydrogen-bond donors (Lipinski definition) is 1. The molecule has 5 nitrogen and oxygen atoms in total. The molecule has 0 radical (unpaired) electrons. The minimum atomic E-state index is -0.364. The summed E-state index contributed by atoms with van der Waals surface area (Å²) in [6, 6.07) is 14.6. The van der Waals surface area contributed by atoms with Gasteiger partial charge in [-0.2, -0.15) is 0 Å². The number of nitrogens with one attached hydrogen (secondary N) is 1. The first-order valence-corrected chi connectivity index (χ1v) is 8.77. The van der Waals surface area contributed by atoms with E-state index in [1.54, 1.807) is 24.3 Å². The van der Waals surface area contributed by atoms with E-state index in [9.17, 15) is 4.79 Å². The zero-order valence-electron chi connectivity index (χ0n) is 12.5. The molecule has 4 aromatic rings. The highest BCUT2D eigenvalue weighted by Crippen LogP contribution is 2.36. The molecule has 0 spiro atoms. The highest BCUT2D eigenvalue weighted by atomic mass is 35.5. The second-order valence-electron chi connectivity index (χ2n) is 5.16. The van der Waals surface area contributed by atoms with E-state index in [2.05, 4.69) is 15.6 Å². The van der Waals surface area contributed by atoms with Crippen LogP contribution in [0.15, 0.2) is 53.2 Å². The summed E-state index contributed by atoms with van der Waals surface area (Å²) in [5.74, 6) is -0.141. The van der Waals surface area contributed by atoms with Gasteiger partial charge in [0.25, 0.3) is 5.91 Å². The van der Waals surface area contributed by atoms with Gasteiger partial charge in [-0.25, -0.2) is 4.63 Å². The average molecular weight is 390 g/mol. The topological polar surface area (TPSA) is 68.0 Å². The number of thiophene rings is 1. The van der Waals surface area contributed by atoms with Crippen LogP contribution in [0.3, 0.4) is 0 Å². The van der Waals surface area contributed by atoms with E-state index < -0.39 is 0 Å². The zero-order chi connectivity index (χ0) is 17.4. The molecule has 0 bridgehead atoms. The smallest absolute Gasteiger partial charge is 0.268 e. The molecular formula is C17H9Cl2N3O2S. The molecule has 2 aromatic heterocycles. The molecule has 4 rings (SSSR count). The van der Waals surface area contributed by atoms with Gasteiger partial charge in [-0.1, -0.05) is 53.5 Å². The molecule has 0 saturated heterocycles. The maximum Gasteiger partial charge on any atom is 0.268 e.